The second kappa shape index (κ2) is 5.10. The molecule has 2 aromatic rings. The Morgan fingerprint density at radius 1 is 1.21 bits per heavy atom. The number of aromatic nitrogens is 2. The molecule has 6 nitrogen and oxygen atoms in total. The molecule has 0 aliphatic carbocycles. The van der Waals surface area contributed by atoms with Gasteiger partial charge in [0.1, 0.15) is 16.4 Å². The Balaban J connectivity index is 2.68. The summed E-state index contributed by atoms with van der Waals surface area (Å²) in [6.07, 6.45) is 2.70. The van der Waals surface area contributed by atoms with E-state index in [0.29, 0.717) is 0 Å². The predicted molar refractivity (Wildman–Crippen MR) is 69.4 cm³/mol. The summed E-state index contributed by atoms with van der Waals surface area (Å²) >= 11 is 5.93. The molecule has 0 saturated heterocycles. The number of halogens is 1. The fourth-order valence-electron chi connectivity index (χ4n) is 1.53. The van der Waals surface area contributed by atoms with Crippen molar-refractivity contribution in [2.24, 2.45) is 0 Å². The van der Waals surface area contributed by atoms with Crippen molar-refractivity contribution in [2.75, 3.05) is 14.2 Å². The summed E-state index contributed by atoms with van der Waals surface area (Å²) in [6, 6.07) is 4.20. The molecule has 19 heavy (non-hydrogen) atoms. The average Bonchev–Trinajstić information content (AvgIpc) is 2.92. The zero-order chi connectivity index (χ0) is 14.0. The Hall–Kier alpha value is -1.73. The van der Waals surface area contributed by atoms with Crippen LogP contribution in [0.3, 0.4) is 0 Å². The first-order valence-corrected chi connectivity index (χ1v) is 6.99. The van der Waals surface area contributed by atoms with Crippen LogP contribution in [0.5, 0.6) is 11.5 Å². The number of ether oxygens (including phenoxy) is 2. The summed E-state index contributed by atoms with van der Waals surface area (Å²) in [6.45, 7) is 0. The van der Waals surface area contributed by atoms with Crippen LogP contribution in [0.15, 0.2) is 35.5 Å². The lowest BCUT2D eigenvalue weighted by Gasteiger charge is -2.12. The van der Waals surface area contributed by atoms with E-state index in [9.17, 15) is 8.42 Å². The van der Waals surface area contributed by atoms with E-state index < -0.39 is 10.0 Å². The third kappa shape index (κ3) is 2.39. The predicted octanol–water partition coefficient (Wildman–Crippen LogP) is 1.79. The van der Waals surface area contributed by atoms with E-state index in [1.54, 1.807) is 0 Å². The summed E-state index contributed by atoms with van der Waals surface area (Å²) in [5.74, 6) is 0.370. The maximum Gasteiger partial charge on any atom is 0.286 e. The maximum atomic E-state index is 12.4. The normalized spacial score (nSPS) is 11.3. The smallest absolute Gasteiger partial charge is 0.286 e. The second-order valence-electron chi connectivity index (χ2n) is 3.52. The molecule has 0 radical (unpaired) electrons. The van der Waals surface area contributed by atoms with E-state index in [1.807, 2.05) is 0 Å². The molecule has 0 bridgehead atoms. The number of benzene rings is 1. The molecule has 0 spiro atoms. The van der Waals surface area contributed by atoms with Gasteiger partial charge in [0, 0.05) is 18.3 Å². The van der Waals surface area contributed by atoms with Crippen LogP contribution in [0, 0.1) is 0 Å². The molecule has 0 aliphatic heterocycles. The van der Waals surface area contributed by atoms with Crippen molar-refractivity contribution < 1.29 is 17.9 Å². The van der Waals surface area contributed by atoms with Gasteiger partial charge < -0.3 is 9.47 Å². The van der Waals surface area contributed by atoms with E-state index in [0.717, 1.165) is 4.09 Å². The monoisotopic (exact) mass is 302 g/mol. The molecule has 8 heteroatoms. The Kier molecular flexibility index (Phi) is 3.68. The lowest BCUT2D eigenvalue weighted by Crippen LogP contribution is -2.14. The minimum Gasteiger partial charge on any atom is -0.495 e. The highest BCUT2D eigenvalue weighted by molar-refractivity contribution is 7.90. The van der Waals surface area contributed by atoms with Gasteiger partial charge in [-0.15, -0.1) is 0 Å². The van der Waals surface area contributed by atoms with Crippen LogP contribution in [0.1, 0.15) is 0 Å². The summed E-state index contributed by atoms with van der Waals surface area (Å²) in [4.78, 5) is -0.0695. The van der Waals surface area contributed by atoms with E-state index in [2.05, 4.69) is 5.10 Å². The molecule has 1 aromatic carbocycles. The van der Waals surface area contributed by atoms with Gasteiger partial charge in [-0.05, 0) is 6.07 Å². The molecule has 102 valence electrons. The number of rotatable bonds is 4. The third-order valence-electron chi connectivity index (χ3n) is 2.44. The summed E-state index contributed by atoms with van der Waals surface area (Å²) < 4.78 is 35.7. The van der Waals surface area contributed by atoms with E-state index in [-0.39, 0.29) is 21.4 Å². The van der Waals surface area contributed by atoms with Gasteiger partial charge in [0.05, 0.1) is 25.4 Å². The van der Waals surface area contributed by atoms with Gasteiger partial charge in [-0.2, -0.15) is 17.6 Å². The maximum absolute atomic E-state index is 12.4. The van der Waals surface area contributed by atoms with Gasteiger partial charge in [0.2, 0.25) is 0 Å². The number of nitrogens with zero attached hydrogens (tertiary/aromatic N) is 2. The Morgan fingerprint density at radius 2 is 1.89 bits per heavy atom. The van der Waals surface area contributed by atoms with Crippen molar-refractivity contribution in [1.29, 1.82) is 0 Å². The molecule has 0 fully saturated rings. The second-order valence-corrected chi connectivity index (χ2v) is 5.69. The van der Waals surface area contributed by atoms with Crippen molar-refractivity contribution in [2.45, 2.75) is 4.90 Å². The first-order valence-electron chi connectivity index (χ1n) is 5.17. The molecule has 1 aromatic heterocycles. The highest BCUT2D eigenvalue weighted by Gasteiger charge is 2.24. The number of methoxy groups -OCH3 is 2. The van der Waals surface area contributed by atoms with Crippen LogP contribution in [-0.4, -0.2) is 31.8 Å². The van der Waals surface area contributed by atoms with Gasteiger partial charge in [-0.3, -0.25) is 0 Å². The largest absolute Gasteiger partial charge is 0.495 e. The summed E-state index contributed by atoms with van der Waals surface area (Å²) in [5, 5.41) is 3.98. The third-order valence-corrected chi connectivity index (χ3v) is 4.32. The van der Waals surface area contributed by atoms with Crippen LogP contribution >= 0.6 is 11.6 Å². The minimum absolute atomic E-state index is 0.0695. The fourth-order valence-corrected chi connectivity index (χ4v) is 3.03. The molecular weight excluding hydrogens is 292 g/mol. The summed E-state index contributed by atoms with van der Waals surface area (Å²) in [5.41, 5.74) is 0. The standard InChI is InChI=1S/C11H11ClN2O4S/c1-17-9-7-11(10(18-2)6-8(9)12)19(15,16)14-5-3-4-13-14/h3-7H,1-2H3. The van der Waals surface area contributed by atoms with E-state index in [1.165, 1.54) is 44.8 Å². The lowest BCUT2D eigenvalue weighted by atomic mass is 10.3. The van der Waals surface area contributed by atoms with Crippen molar-refractivity contribution in [1.82, 2.24) is 9.19 Å². The SMILES string of the molecule is COc1cc(S(=O)(=O)n2cccn2)c(OC)cc1Cl. The van der Waals surface area contributed by atoms with Crippen molar-refractivity contribution in [3.05, 3.63) is 35.6 Å². The van der Waals surface area contributed by atoms with E-state index in [4.69, 9.17) is 21.1 Å². The average molecular weight is 303 g/mol. The zero-order valence-corrected chi connectivity index (χ0v) is 11.8. The van der Waals surface area contributed by atoms with Gasteiger partial charge in [-0.1, -0.05) is 11.6 Å². The van der Waals surface area contributed by atoms with Crippen LogP contribution in [0.25, 0.3) is 0 Å². The first kappa shape index (κ1) is 13.7. The number of hydrogen-bond acceptors (Lipinski definition) is 5. The molecule has 0 unspecified atom stereocenters. The molecule has 0 atom stereocenters. The Labute approximate surface area is 115 Å². The van der Waals surface area contributed by atoms with E-state index >= 15 is 0 Å². The van der Waals surface area contributed by atoms with Gasteiger partial charge >= 0.3 is 0 Å². The molecule has 0 saturated carbocycles. The van der Waals surface area contributed by atoms with Crippen LogP contribution in [0.2, 0.25) is 5.02 Å². The fraction of sp³-hybridized carbons (Fsp3) is 0.182. The highest BCUT2D eigenvalue weighted by Crippen LogP contribution is 2.35. The Bertz CT molecular complexity index is 683. The topological polar surface area (TPSA) is 70.4 Å². The van der Waals surface area contributed by atoms with Gasteiger partial charge in [-0.25, -0.2) is 0 Å². The van der Waals surface area contributed by atoms with Crippen molar-refractivity contribution in [3.8, 4) is 11.5 Å². The highest BCUT2D eigenvalue weighted by atomic mass is 35.5. The van der Waals surface area contributed by atoms with Crippen molar-refractivity contribution in [3.63, 3.8) is 0 Å². The Morgan fingerprint density at radius 3 is 2.42 bits per heavy atom. The van der Waals surface area contributed by atoms with Crippen LogP contribution < -0.4 is 9.47 Å². The quantitative estimate of drug-likeness (QED) is 0.861. The van der Waals surface area contributed by atoms with Crippen LogP contribution in [-0.2, 0) is 10.0 Å². The molecular formula is C11H11ClN2O4S. The molecule has 0 amide bonds. The van der Waals surface area contributed by atoms with Crippen LogP contribution in [0.4, 0.5) is 0 Å². The molecule has 0 N–H and O–H groups in total. The summed E-state index contributed by atoms with van der Waals surface area (Å²) in [7, 11) is -1.08. The molecule has 1 heterocycles. The van der Waals surface area contributed by atoms with Gasteiger partial charge in [0.25, 0.3) is 10.0 Å². The van der Waals surface area contributed by atoms with Gasteiger partial charge in [0.15, 0.2) is 0 Å². The first-order chi connectivity index (χ1) is 9.00. The minimum atomic E-state index is -3.85. The number of hydrogen-bond donors (Lipinski definition) is 0. The van der Waals surface area contributed by atoms with Crippen molar-refractivity contribution >= 4 is 21.6 Å². The lowest BCUT2D eigenvalue weighted by molar-refractivity contribution is 0.392. The molecule has 0 aliphatic rings. The molecule has 2 rings (SSSR count). The zero-order valence-electron chi connectivity index (χ0n) is 10.2.